The number of fused-ring (bicyclic) bond motifs is 1. The van der Waals surface area contributed by atoms with Gasteiger partial charge in [0.15, 0.2) is 0 Å². The summed E-state index contributed by atoms with van der Waals surface area (Å²) in [6, 6.07) is 10.8. The molecule has 0 fully saturated rings. The summed E-state index contributed by atoms with van der Waals surface area (Å²) in [7, 11) is 0. The number of ether oxygens (including phenoxy) is 2. The van der Waals surface area contributed by atoms with Crippen LogP contribution in [-0.4, -0.2) is 45.6 Å². The summed E-state index contributed by atoms with van der Waals surface area (Å²) >= 11 is 0. The van der Waals surface area contributed by atoms with Crippen LogP contribution in [0.1, 0.15) is 44.5 Å². The molecular formula is C23H28N4O4. The summed E-state index contributed by atoms with van der Waals surface area (Å²) in [5.74, 6) is 0.196. The summed E-state index contributed by atoms with van der Waals surface area (Å²) in [5, 5.41) is 5.29. The van der Waals surface area contributed by atoms with Crippen LogP contribution in [0.2, 0.25) is 0 Å². The van der Waals surface area contributed by atoms with E-state index in [1.807, 2.05) is 37.6 Å². The van der Waals surface area contributed by atoms with Crippen LogP contribution in [0.5, 0.6) is 0 Å². The van der Waals surface area contributed by atoms with Gasteiger partial charge in [-0.15, -0.1) is 0 Å². The number of pyridine rings is 1. The zero-order chi connectivity index (χ0) is 22.4. The minimum atomic E-state index is -0.598. The molecule has 0 radical (unpaired) electrons. The molecule has 8 heteroatoms. The van der Waals surface area contributed by atoms with Gasteiger partial charge in [0.05, 0.1) is 23.9 Å². The highest BCUT2D eigenvalue weighted by atomic mass is 16.6. The number of esters is 1. The van der Waals surface area contributed by atoms with E-state index in [-0.39, 0.29) is 5.97 Å². The number of carbonyl (C=O) groups is 2. The number of aryl methyl sites for hydroxylation is 1. The number of hydrogen-bond acceptors (Lipinski definition) is 6. The van der Waals surface area contributed by atoms with Gasteiger partial charge in [-0.2, -0.15) is 5.10 Å². The number of hydrogen-bond donors (Lipinski definition) is 0. The first-order valence-corrected chi connectivity index (χ1v) is 10.3. The number of carbonyl (C=O) groups excluding carboxylic acids is 2. The van der Waals surface area contributed by atoms with Gasteiger partial charge in [0.2, 0.25) is 0 Å². The van der Waals surface area contributed by atoms with Gasteiger partial charge in [-0.25, -0.2) is 14.6 Å². The number of nitrogens with zero attached hydrogens (tertiary/aromatic N) is 4. The molecule has 0 aliphatic rings. The molecule has 0 N–H and O–H groups in total. The third-order valence-corrected chi connectivity index (χ3v) is 4.44. The molecule has 0 unspecified atom stereocenters. The molecule has 0 aliphatic heterocycles. The Morgan fingerprint density at radius 1 is 1.16 bits per heavy atom. The molecular weight excluding hydrogens is 396 g/mol. The zero-order valence-corrected chi connectivity index (χ0v) is 18.4. The minimum absolute atomic E-state index is 0.334. The molecule has 164 valence electrons. The fourth-order valence-electron chi connectivity index (χ4n) is 3.12. The molecule has 0 atom stereocenters. The lowest BCUT2D eigenvalue weighted by molar-refractivity contribution is 0.0524. The molecule has 0 aliphatic carbocycles. The van der Waals surface area contributed by atoms with E-state index in [9.17, 15) is 9.59 Å². The maximum Gasteiger partial charge on any atom is 0.416 e. The predicted octanol–water partition coefficient (Wildman–Crippen LogP) is 4.44. The largest absolute Gasteiger partial charge is 0.462 e. The van der Waals surface area contributed by atoms with Crippen molar-refractivity contribution < 1.29 is 19.1 Å². The second kappa shape index (κ2) is 9.59. The van der Waals surface area contributed by atoms with E-state index in [4.69, 9.17) is 9.47 Å². The van der Waals surface area contributed by atoms with Crippen molar-refractivity contribution in [3.8, 4) is 0 Å². The van der Waals surface area contributed by atoms with Crippen molar-refractivity contribution in [2.24, 2.45) is 0 Å². The van der Waals surface area contributed by atoms with Crippen LogP contribution in [0.4, 0.5) is 10.6 Å². The average Bonchev–Trinajstić information content (AvgIpc) is 3.13. The minimum Gasteiger partial charge on any atom is -0.462 e. The van der Waals surface area contributed by atoms with Crippen molar-refractivity contribution in [3.05, 3.63) is 54.4 Å². The molecule has 0 saturated carbocycles. The quantitative estimate of drug-likeness (QED) is 0.521. The van der Waals surface area contributed by atoms with Crippen LogP contribution in [-0.2, 0) is 16.0 Å². The standard InChI is InChI=1S/C23H28N4O4/c1-5-30-21(28)17-10-11-19-18(15-17)16-25-27(19)14-8-13-26(20-9-6-7-12-24-20)22(29)31-23(2,3)4/h6-7,9-12,15-16H,5,8,13-14H2,1-4H3. The second-order valence-corrected chi connectivity index (χ2v) is 8.04. The molecule has 31 heavy (non-hydrogen) atoms. The van der Waals surface area contributed by atoms with Crippen LogP contribution >= 0.6 is 0 Å². The summed E-state index contributed by atoms with van der Waals surface area (Å²) < 4.78 is 12.5. The van der Waals surface area contributed by atoms with Gasteiger partial charge in [-0.1, -0.05) is 6.07 Å². The molecule has 1 amide bonds. The van der Waals surface area contributed by atoms with Gasteiger partial charge >= 0.3 is 12.1 Å². The summed E-state index contributed by atoms with van der Waals surface area (Å²) in [6.45, 7) is 8.63. The SMILES string of the molecule is CCOC(=O)c1ccc2c(cnn2CCCN(C(=O)OC(C)(C)C)c2ccccn2)c1. The zero-order valence-electron chi connectivity index (χ0n) is 18.4. The summed E-state index contributed by atoms with van der Waals surface area (Å²) in [4.78, 5) is 30.5. The van der Waals surface area contributed by atoms with E-state index < -0.39 is 11.7 Å². The number of amides is 1. The summed E-state index contributed by atoms with van der Waals surface area (Å²) in [5.41, 5.74) is 0.814. The van der Waals surface area contributed by atoms with E-state index in [1.54, 1.807) is 43.6 Å². The van der Waals surface area contributed by atoms with Crippen molar-refractivity contribution in [1.82, 2.24) is 14.8 Å². The number of rotatable bonds is 7. The molecule has 3 aromatic rings. The van der Waals surface area contributed by atoms with Crippen LogP contribution in [0.15, 0.2) is 48.8 Å². The van der Waals surface area contributed by atoms with Gasteiger partial charge in [0.1, 0.15) is 11.4 Å². The third kappa shape index (κ3) is 5.81. The Morgan fingerprint density at radius 3 is 2.65 bits per heavy atom. The Hall–Kier alpha value is -3.42. The van der Waals surface area contributed by atoms with Crippen LogP contribution in [0.25, 0.3) is 10.9 Å². The number of aromatic nitrogens is 3. The van der Waals surface area contributed by atoms with E-state index in [1.165, 1.54) is 4.90 Å². The normalized spacial score (nSPS) is 11.4. The molecule has 0 spiro atoms. The van der Waals surface area contributed by atoms with Crippen molar-refractivity contribution in [2.45, 2.75) is 46.3 Å². The van der Waals surface area contributed by atoms with E-state index >= 15 is 0 Å². The molecule has 0 bridgehead atoms. The van der Waals surface area contributed by atoms with Crippen LogP contribution in [0.3, 0.4) is 0 Å². The first-order valence-electron chi connectivity index (χ1n) is 10.3. The van der Waals surface area contributed by atoms with E-state index in [2.05, 4.69) is 10.1 Å². The van der Waals surface area contributed by atoms with Gasteiger partial charge in [0, 0.05) is 24.7 Å². The predicted molar refractivity (Wildman–Crippen MR) is 118 cm³/mol. The maximum atomic E-state index is 12.7. The Labute approximate surface area is 181 Å². The number of benzene rings is 1. The fraction of sp³-hybridized carbons (Fsp3) is 0.391. The van der Waals surface area contributed by atoms with Gasteiger partial charge in [-0.05, 0) is 64.4 Å². The fourth-order valence-corrected chi connectivity index (χ4v) is 3.12. The van der Waals surface area contributed by atoms with Crippen molar-refractivity contribution in [3.63, 3.8) is 0 Å². The van der Waals surface area contributed by atoms with Gasteiger partial charge in [-0.3, -0.25) is 9.58 Å². The highest BCUT2D eigenvalue weighted by Gasteiger charge is 2.24. The molecule has 0 saturated heterocycles. The molecule has 3 rings (SSSR count). The number of anilines is 1. The second-order valence-electron chi connectivity index (χ2n) is 8.04. The van der Waals surface area contributed by atoms with E-state index in [0.717, 1.165) is 10.9 Å². The highest BCUT2D eigenvalue weighted by molar-refractivity contribution is 5.94. The Kier molecular flexibility index (Phi) is 6.89. The van der Waals surface area contributed by atoms with Gasteiger partial charge < -0.3 is 9.47 Å². The van der Waals surface area contributed by atoms with Crippen molar-refractivity contribution >= 4 is 28.8 Å². The Morgan fingerprint density at radius 2 is 1.97 bits per heavy atom. The van der Waals surface area contributed by atoms with Crippen molar-refractivity contribution in [2.75, 3.05) is 18.1 Å². The van der Waals surface area contributed by atoms with Crippen LogP contribution < -0.4 is 4.90 Å². The molecule has 2 aromatic heterocycles. The molecule has 1 aromatic carbocycles. The molecule has 2 heterocycles. The molecule has 8 nitrogen and oxygen atoms in total. The average molecular weight is 425 g/mol. The Balaban J connectivity index is 1.70. The Bertz CT molecular complexity index is 1040. The van der Waals surface area contributed by atoms with E-state index in [0.29, 0.717) is 37.5 Å². The first kappa shape index (κ1) is 22.3. The lowest BCUT2D eigenvalue weighted by atomic mass is 10.1. The lowest BCUT2D eigenvalue weighted by Gasteiger charge is -2.26. The van der Waals surface area contributed by atoms with Crippen molar-refractivity contribution in [1.29, 1.82) is 0 Å². The first-order chi connectivity index (χ1) is 14.8. The topological polar surface area (TPSA) is 86.6 Å². The maximum absolute atomic E-state index is 12.7. The lowest BCUT2D eigenvalue weighted by Crippen LogP contribution is -2.38. The summed E-state index contributed by atoms with van der Waals surface area (Å²) in [6.07, 6.45) is 3.58. The highest BCUT2D eigenvalue weighted by Crippen LogP contribution is 2.19. The third-order valence-electron chi connectivity index (χ3n) is 4.44. The van der Waals surface area contributed by atoms with Gasteiger partial charge in [0.25, 0.3) is 0 Å². The monoisotopic (exact) mass is 424 g/mol. The van der Waals surface area contributed by atoms with Crippen LogP contribution in [0, 0.1) is 0 Å². The smallest absolute Gasteiger partial charge is 0.416 e.